The molecule has 0 bridgehead atoms. The highest BCUT2D eigenvalue weighted by molar-refractivity contribution is 7.09. The highest BCUT2D eigenvalue weighted by Crippen LogP contribution is 2.39. The van der Waals surface area contributed by atoms with E-state index in [0.717, 1.165) is 58.4 Å². The van der Waals surface area contributed by atoms with Crippen LogP contribution in [-0.4, -0.2) is 48.4 Å². The van der Waals surface area contributed by atoms with Gasteiger partial charge in [-0.1, -0.05) is 18.9 Å². The van der Waals surface area contributed by atoms with E-state index in [0.29, 0.717) is 12.5 Å². The molecule has 21 heavy (non-hydrogen) atoms. The lowest BCUT2D eigenvalue weighted by Gasteiger charge is -2.39. The number of thiophene rings is 1. The third-order valence-electron chi connectivity index (χ3n) is 5.02. The van der Waals surface area contributed by atoms with Crippen LogP contribution in [0.5, 0.6) is 0 Å². The third-order valence-corrected chi connectivity index (χ3v) is 5.89. The van der Waals surface area contributed by atoms with Gasteiger partial charge < -0.3 is 10.6 Å². The van der Waals surface area contributed by atoms with Crippen molar-refractivity contribution in [1.29, 1.82) is 0 Å². The maximum Gasteiger partial charge on any atom is 0.230 e. The van der Waals surface area contributed by atoms with Crippen LogP contribution in [0, 0.1) is 5.41 Å². The fourth-order valence-corrected chi connectivity index (χ4v) is 4.37. The fourth-order valence-electron chi connectivity index (χ4n) is 3.62. The average Bonchev–Trinajstić information content (AvgIpc) is 3.19. The van der Waals surface area contributed by atoms with Crippen LogP contribution in [0.25, 0.3) is 0 Å². The first kappa shape index (κ1) is 15.0. The van der Waals surface area contributed by atoms with Crippen LogP contribution < -0.4 is 5.73 Å². The highest BCUT2D eigenvalue weighted by Gasteiger charge is 2.42. The topological polar surface area (TPSA) is 49.6 Å². The van der Waals surface area contributed by atoms with Crippen LogP contribution in [0.2, 0.25) is 0 Å². The summed E-state index contributed by atoms with van der Waals surface area (Å²) >= 11 is 1.81. The Bertz CT molecular complexity index is 460. The van der Waals surface area contributed by atoms with Gasteiger partial charge in [-0.2, -0.15) is 0 Å². The first-order valence-corrected chi connectivity index (χ1v) is 8.86. The Morgan fingerprint density at radius 3 is 2.52 bits per heavy atom. The Morgan fingerprint density at radius 1 is 1.24 bits per heavy atom. The Hall–Kier alpha value is -0.910. The number of hydrogen-bond donors (Lipinski definition) is 1. The fraction of sp³-hybridized carbons (Fsp3) is 0.688. The van der Waals surface area contributed by atoms with E-state index in [1.54, 1.807) is 0 Å². The van der Waals surface area contributed by atoms with E-state index in [2.05, 4.69) is 27.3 Å². The standard InChI is InChI=1S/C16H25N3OS/c17-13-16(5-1-2-6-16)15(20)19-9-7-18(8-10-19)12-14-4-3-11-21-14/h3-4,11H,1-2,5-10,12-13,17H2. The second-order valence-electron chi connectivity index (χ2n) is 6.34. The summed E-state index contributed by atoms with van der Waals surface area (Å²) in [7, 11) is 0. The maximum atomic E-state index is 12.8. The Morgan fingerprint density at radius 2 is 1.95 bits per heavy atom. The molecule has 0 atom stereocenters. The van der Waals surface area contributed by atoms with E-state index in [9.17, 15) is 4.79 Å². The zero-order chi connectivity index (χ0) is 14.7. The molecule has 1 aliphatic carbocycles. The van der Waals surface area contributed by atoms with Gasteiger partial charge in [0.25, 0.3) is 0 Å². The number of carbonyl (C=O) groups excluding carboxylic acids is 1. The highest BCUT2D eigenvalue weighted by atomic mass is 32.1. The summed E-state index contributed by atoms with van der Waals surface area (Å²) in [5.74, 6) is 0.318. The summed E-state index contributed by atoms with van der Waals surface area (Å²) in [5.41, 5.74) is 5.70. The Labute approximate surface area is 130 Å². The molecule has 1 saturated carbocycles. The number of nitrogens with two attached hydrogens (primary N) is 1. The molecule has 0 radical (unpaired) electrons. The molecule has 2 heterocycles. The molecular weight excluding hydrogens is 282 g/mol. The minimum absolute atomic E-state index is 0.240. The van der Waals surface area contributed by atoms with Crippen molar-refractivity contribution in [1.82, 2.24) is 9.80 Å². The van der Waals surface area contributed by atoms with Gasteiger partial charge in [-0.05, 0) is 24.3 Å². The van der Waals surface area contributed by atoms with E-state index in [1.807, 2.05) is 11.3 Å². The van der Waals surface area contributed by atoms with E-state index >= 15 is 0 Å². The number of carbonyl (C=O) groups is 1. The van der Waals surface area contributed by atoms with Crippen molar-refractivity contribution in [3.63, 3.8) is 0 Å². The van der Waals surface area contributed by atoms with Crippen LogP contribution in [0.15, 0.2) is 17.5 Å². The molecule has 1 aromatic heterocycles. The summed E-state index contributed by atoms with van der Waals surface area (Å²) in [6.07, 6.45) is 4.28. The molecule has 0 unspecified atom stereocenters. The van der Waals surface area contributed by atoms with Crippen molar-refractivity contribution in [2.45, 2.75) is 32.2 Å². The summed E-state index contributed by atoms with van der Waals surface area (Å²) in [4.78, 5) is 18.7. The van der Waals surface area contributed by atoms with Gasteiger partial charge in [-0.15, -0.1) is 11.3 Å². The van der Waals surface area contributed by atoms with Crippen molar-refractivity contribution in [2.24, 2.45) is 11.1 Å². The Balaban J connectivity index is 1.54. The molecule has 4 nitrogen and oxygen atoms in total. The monoisotopic (exact) mass is 307 g/mol. The molecule has 1 saturated heterocycles. The van der Waals surface area contributed by atoms with Gasteiger partial charge in [0.1, 0.15) is 0 Å². The van der Waals surface area contributed by atoms with Gasteiger partial charge in [0.2, 0.25) is 5.91 Å². The summed E-state index contributed by atoms with van der Waals surface area (Å²) in [6.45, 7) is 5.19. The second-order valence-corrected chi connectivity index (χ2v) is 7.37. The number of rotatable bonds is 4. The normalized spacial score (nSPS) is 22.6. The molecule has 116 valence electrons. The predicted octanol–water partition coefficient (Wildman–Crippen LogP) is 1.91. The molecule has 5 heteroatoms. The first-order chi connectivity index (χ1) is 10.2. The smallest absolute Gasteiger partial charge is 0.230 e. The number of amides is 1. The molecule has 2 aliphatic rings. The summed E-state index contributed by atoms with van der Waals surface area (Å²) in [6, 6.07) is 4.29. The Kier molecular flexibility index (Phi) is 4.62. The molecule has 2 N–H and O–H groups in total. The van der Waals surface area contributed by atoms with Crippen LogP contribution >= 0.6 is 11.3 Å². The predicted molar refractivity (Wildman–Crippen MR) is 86.1 cm³/mol. The first-order valence-electron chi connectivity index (χ1n) is 7.98. The maximum absolute atomic E-state index is 12.8. The van der Waals surface area contributed by atoms with E-state index in [-0.39, 0.29) is 5.41 Å². The lowest BCUT2D eigenvalue weighted by Crippen LogP contribution is -2.54. The second kappa shape index (κ2) is 6.46. The van der Waals surface area contributed by atoms with Crippen molar-refractivity contribution in [2.75, 3.05) is 32.7 Å². The van der Waals surface area contributed by atoms with Gasteiger partial charge in [0.15, 0.2) is 0 Å². The van der Waals surface area contributed by atoms with Gasteiger partial charge in [0, 0.05) is 44.1 Å². The van der Waals surface area contributed by atoms with Crippen molar-refractivity contribution < 1.29 is 4.79 Å². The SMILES string of the molecule is NCC1(C(=O)N2CCN(Cc3cccs3)CC2)CCCC1. The minimum Gasteiger partial charge on any atom is -0.340 e. The van der Waals surface area contributed by atoms with Crippen molar-refractivity contribution in [3.8, 4) is 0 Å². The molecule has 2 fully saturated rings. The quantitative estimate of drug-likeness (QED) is 0.924. The number of hydrogen-bond acceptors (Lipinski definition) is 4. The molecule has 0 spiro atoms. The largest absolute Gasteiger partial charge is 0.340 e. The van der Waals surface area contributed by atoms with Gasteiger partial charge >= 0.3 is 0 Å². The van der Waals surface area contributed by atoms with E-state index < -0.39 is 0 Å². The van der Waals surface area contributed by atoms with Crippen LogP contribution in [0.3, 0.4) is 0 Å². The third kappa shape index (κ3) is 3.15. The average molecular weight is 307 g/mol. The molecule has 1 aromatic rings. The van der Waals surface area contributed by atoms with Gasteiger partial charge in [-0.25, -0.2) is 0 Å². The molecule has 0 aromatic carbocycles. The summed E-state index contributed by atoms with van der Waals surface area (Å²) < 4.78 is 0. The van der Waals surface area contributed by atoms with E-state index in [1.165, 1.54) is 4.88 Å². The van der Waals surface area contributed by atoms with Crippen LogP contribution in [-0.2, 0) is 11.3 Å². The van der Waals surface area contributed by atoms with Crippen LogP contribution in [0.4, 0.5) is 0 Å². The van der Waals surface area contributed by atoms with Gasteiger partial charge in [0.05, 0.1) is 5.41 Å². The van der Waals surface area contributed by atoms with Crippen molar-refractivity contribution >= 4 is 17.2 Å². The molecule has 1 amide bonds. The number of nitrogens with zero attached hydrogens (tertiary/aromatic N) is 2. The zero-order valence-electron chi connectivity index (χ0n) is 12.6. The zero-order valence-corrected chi connectivity index (χ0v) is 13.4. The minimum atomic E-state index is -0.240. The van der Waals surface area contributed by atoms with E-state index in [4.69, 9.17) is 5.73 Å². The molecule has 3 rings (SSSR count). The molecular formula is C16H25N3OS. The van der Waals surface area contributed by atoms with Gasteiger partial charge in [-0.3, -0.25) is 9.69 Å². The molecule has 1 aliphatic heterocycles. The van der Waals surface area contributed by atoms with Crippen molar-refractivity contribution in [3.05, 3.63) is 22.4 Å². The summed E-state index contributed by atoms with van der Waals surface area (Å²) in [5, 5.41) is 2.13. The lowest BCUT2D eigenvalue weighted by molar-refractivity contribution is -0.143. The number of piperazine rings is 1. The lowest BCUT2D eigenvalue weighted by atomic mass is 9.84. The van der Waals surface area contributed by atoms with Crippen LogP contribution in [0.1, 0.15) is 30.6 Å².